The van der Waals surface area contributed by atoms with Crippen LogP contribution >= 0.6 is 0 Å². The number of hydrogen-bond donors (Lipinski definition) is 0. The van der Waals surface area contributed by atoms with E-state index in [0.717, 1.165) is 28.1 Å². The van der Waals surface area contributed by atoms with Gasteiger partial charge in [0.05, 0.1) is 23.0 Å². The molecule has 4 rings (SSSR count). The highest BCUT2D eigenvalue weighted by Gasteiger charge is 2.12. The second kappa shape index (κ2) is 7.00. The van der Waals surface area contributed by atoms with E-state index in [1.165, 1.54) is 0 Å². The molecule has 3 heteroatoms. The SMILES string of the molecule is N#Cc1ccccc1-c1nc(-c2ccccc2)cc(-c2ccccc2)n1. The van der Waals surface area contributed by atoms with E-state index in [1.807, 2.05) is 84.9 Å². The molecule has 26 heavy (non-hydrogen) atoms. The van der Waals surface area contributed by atoms with Crippen molar-refractivity contribution < 1.29 is 0 Å². The lowest BCUT2D eigenvalue weighted by atomic mass is 10.0. The molecule has 3 aromatic carbocycles. The average molecular weight is 333 g/mol. The Morgan fingerprint density at radius 2 is 1.12 bits per heavy atom. The maximum atomic E-state index is 9.45. The van der Waals surface area contributed by atoms with Crippen LogP contribution in [0.5, 0.6) is 0 Å². The topological polar surface area (TPSA) is 49.6 Å². The molecule has 0 aliphatic carbocycles. The van der Waals surface area contributed by atoms with Crippen LogP contribution < -0.4 is 0 Å². The van der Waals surface area contributed by atoms with Gasteiger partial charge < -0.3 is 0 Å². The Morgan fingerprint density at radius 3 is 1.65 bits per heavy atom. The maximum Gasteiger partial charge on any atom is 0.161 e. The Balaban J connectivity index is 1.96. The smallest absolute Gasteiger partial charge is 0.161 e. The summed E-state index contributed by atoms with van der Waals surface area (Å²) in [7, 11) is 0. The highest BCUT2D eigenvalue weighted by molar-refractivity contribution is 5.73. The molecule has 0 spiro atoms. The monoisotopic (exact) mass is 333 g/mol. The third-order valence-electron chi connectivity index (χ3n) is 4.15. The van der Waals surface area contributed by atoms with Gasteiger partial charge in [-0.2, -0.15) is 5.26 Å². The van der Waals surface area contributed by atoms with Gasteiger partial charge in [0.25, 0.3) is 0 Å². The lowest BCUT2D eigenvalue weighted by Crippen LogP contribution is -1.97. The van der Waals surface area contributed by atoms with Crippen molar-refractivity contribution in [2.75, 3.05) is 0 Å². The Hall–Kier alpha value is -3.77. The number of benzene rings is 3. The van der Waals surface area contributed by atoms with Crippen LogP contribution in [0.15, 0.2) is 91.0 Å². The van der Waals surface area contributed by atoms with Gasteiger partial charge in [0.15, 0.2) is 5.82 Å². The van der Waals surface area contributed by atoms with Gasteiger partial charge in [0.2, 0.25) is 0 Å². The van der Waals surface area contributed by atoms with Crippen LogP contribution in [0.4, 0.5) is 0 Å². The van der Waals surface area contributed by atoms with Crippen LogP contribution in [0.2, 0.25) is 0 Å². The Morgan fingerprint density at radius 1 is 0.615 bits per heavy atom. The molecule has 3 nitrogen and oxygen atoms in total. The number of aromatic nitrogens is 2. The zero-order chi connectivity index (χ0) is 17.8. The van der Waals surface area contributed by atoms with E-state index in [9.17, 15) is 5.26 Å². The van der Waals surface area contributed by atoms with Gasteiger partial charge in [-0.1, -0.05) is 72.8 Å². The molecule has 0 N–H and O–H groups in total. The zero-order valence-electron chi connectivity index (χ0n) is 14.0. The first-order valence-electron chi connectivity index (χ1n) is 8.34. The summed E-state index contributed by atoms with van der Waals surface area (Å²) in [5, 5.41) is 9.45. The minimum Gasteiger partial charge on any atom is -0.228 e. The van der Waals surface area contributed by atoms with Crippen molar-refractivity contribution in [1.82, 2.24) is 9.97 Å². The minimum absolute atomic E-state index is 0.558. The molecular weight excluding hydrogens is 318 g/mol. The molecule has 0 saturated carbocycles. The Labute approximate surface area is 152 Å². The molecule has 0 fully saturated rings. The highest BCUT2D eigenvalue weighted by atomic mass is 14.9. The van der Waals surface area contributed by atoms with E-state index < -0.39 is 0 Å². The standard InChI is InChI=1S/C23H15N3/c24-16-19-13-7-8-14-20(19)23-25-21(17-9-3-1-4-10-17)15-22(26-23)18-11-5-2-6-12-18/h1-15H. The van der Waals surface area contributed by atoms with E-state index in [4.69, 9.17) is 9.97 Å². The first-order chi connectivity index (χ1) is 12.8. The molecule has 0 aliphatic rings. The lowest BCUT2D eigenvalue weighted by molar-refractivity contribution is 1.18. The molecule has 0 unspecified atom stereocenters. The van der Waals surface area contributed by atoms with Gasteiger partial charge in [0.1, 0.15) is 0 Å². The van der Waals surface area contributed by atoms with Crippen molar-refractivity contribution in [3.63, 3.8) is 0 Å². The molecule has 0 aliphatic heterocycles. The maximum absolute atomic E-state index is 9.45. The molecule has 0 bridgehead atoms. The number of nitrogens with zero attached hydrogens (tertiary/aromatic N) is 3. The molecule has 4 aromatic rings. The summed E-state index contributed by atoms with van der Waals surface area (Å²) < 4.78 is 0. The van der Waals surface area contributed by atoms with E-state index >= 15 is 0 Å². The van der Waals surface area contributed by atoms with Gasteiger partial charge in [-0.25, -0.2) is 9.97 Å². The van der Waals surface area contributed by atoms with Crippen molar-refractivity contribution in [3.05, 3.63) is 96.6 Å². The van der Waals surface area contributed by atoms with Crippen LogP contribution in [0.1, 0.15) is 5.56 Å². The third kappa shape index (κ3) is 3.09. The normalized spacial score (nSPS) is 10.3. The number of rotatable bonds is 3. The molecule has 0 atom stereocenters. The summed E-state index contributed by atoms with van der Waals surface area (Å²) in [5.41, 5.74) is 5.01. The Bertz CT molecular complexity index is 1020. The van der Waals surface area contributed by atoms with Crippen molar-refractivity contribution in [2.45, 2.75) is 0 Å². The van der Waals surface area contributed by atoms with Crippen molar-refractivity contribution in [3.8, 4) is 40.0 Å². The van der Waals surface area contributed by atoms with Gasteiger partial charge in [0, 0.05) is 16.7 Å². The summed E-state index contributed by atoms with van der Waals surface area (Å²) in [6, 6.07) is 31.7. The Kier molecular flexibility index (Phi) is 4.24. The zero-order valence-corrected chi connectivity index (χ0v) is 14.0. The summed E-state index contributed by atoms with van der Waals surface area (Å²) in [4.78, 5) is 9.49. The first-order valence-corrected chi connectivity index (χ1v) is 8.34. The summed E-state index contributed by atoms with van der Waals surface area (Å²) >= 11 is 0. The predicted octanol–water partition coefficient (Wildman–Crippen LogP) is 5.35. The minimum atomic E-state index is 0.558. The van der Waals surface area contributed by atoms with Crippen LogP contribution in [-0.4, -0.2) is 9.97 Å². The molecule has 1 heterocycles. The molecule has 0 radical (unpaired) electrons. The van der Waals surface area contributed by atoms with Gasteiger partial charge in [-0.3, -0.25) is 0 Å². The fourth-order valence-electron chi connectivity index (χ4n) is 2.86. The fourth-order valence-corrected chi connectivity index (χ4v) is 2.86. The summed E-state index contributed by atoms with van der Waals surface area (Å²) in [6.07, 6.45) is 0. The van der Waals surface area contributed by atoms with Gasteiger partial charge in [-0.15, -0.1) is 0 Å². The van der Waals surface area contributed by atoms with Crippen LogP contribution in [0, 0.1) is 11.3 Å². The molecular formula is C23H15N3. The lowest BCUT2D eigenvalue weighted by Gasteiger charge is -2.10. The van der Waals surface area contributed by atoms with Crippen molar-refractivity contribution in [1.29, 1.82) is 5.26 Å². The first kappa shape index (κ1) is 15.7. The molecule has 0 amide bonds. The number of hydrogen-bond acceptors (Lipinski definition) is 3. The second-order valence-corrected chi connectivity index (χ2v) is 5.85. The van der Waals surface area contributed by atoms with Crippen molar-refractivity contribution in [2.24, 2.45) is 0 Å². The average Bonchev–Trinajstić information content (AvgIpc) is 2.74. The fraction of sp³-hybridized carbons (Fsp3) is 0. The predicted molar refractivity (Wildman–Crippen MR) is 103 cm³/mol. The van der Waals surface area contributed by atoms with Crippen molar-refractivity contribution >= 4 is 0 Å². The largest absolute Gasteiger partial charge is 0.228 e. The summed E-state index contributed by atoms with van der Waals surface area (Å²) in [6.45, 7) is 0. The molecule has 0 saturated heterocycles. The van der Waals surface area contributed by atoms with Gasteiger partial charge >= 0.3 is 0 Å². The van der Waals surface area contributed by atoms with Crippen LogP contribution in [0.3, 0.4) is 0 Å². The van der Waals surface area contributed by atoms with E-state index in [0.29, 0.717) is 11.4 Å². The van der Waals surface area contributed by atoms with E-state index in [-0.39, 0.29) is 0 Å². The van der Waals surface area contributed by atoms with Crippen LogP contribution in [0.25, 0.3) is 33.9 Å². The molecule has 1 aromatic heterocycles. The quantitative estimate of drug-likeness (QED) is 0.508. The number of nitriles is 1. The second-order valence-electron chi connectivity index (χ2n) is 5.85. The highest BCUT2D eigenvalue weighted by Crippen LogP contribution is 2.28. The summed E-state index contributed by atoms with van der Waals surface area (Å²) in [5.74, 6) is 0.558. The van der Waals surface area contributed by atoms with Crippen LogP contribution in [-0.2, 0) is 0 Å². The third-order valence-corrected chi connectivity index (χ3v) is 4.15. The van der Waals surface area contributed by atoms with Gasteiger partial charge in [-0.05, 0) is 18.2 Å². The molecule has 122 valence electrons. The van der Waals surface area contributed by atoms with E-state index in [1.54, 1.807) is 6.07 Å². The van der Waals surface area contributed by atoms with E-state index in [2.05, 4.69) is 6.07 Å².